The van der Waals surface area contributed by atoms with Crippen LogP contribution in [0, 0.1) is 11.8 Å². The number of halogens is 12. The number of hydrogen-bond acceptors (Lipinski definition) is 6. The maximum atomic E-state index is 12.8. The van der Waals surface area contributed by atoms with Crippen molar-refractivity contribution in [3.63, 3.8) is 0 Å². The van der Waals surface area contributed by atoms with Gasteiger partial charge in [-0.1, -0.05) is 0 Å². The van der Waals surface area contributed by atoms with E-state index in [4.69, 9.17) is 0 Å². The molecule has 0 radical (unpaired) electrons. The molecule has 1 aromatic rings. The molecule has 0 aromatic heterocycles. The molecule has 3 unspecified atom stereocenters. The minimum atomic E-state index is -6.06. The van der Waals surface area contributed by atoms with E-state index in [0.29, 0.717) is 6.07 Å². The second-order valence-corrected chi connectivity index (χ2v) is 11.2. The molecular formula is C24H30F12O6. The summed E-state index contributed by atoms with van der Waals surface area (Å²) in [7, 11) is 0. The number of aliphatic hydroxyl groups excluding tert-OH is 1. The minimum Gasteiger partial charge on any atom is -0.508 e. The number of alkyl halides is 12. The molecule has 1 aromatic carbocycles. The maximum absolute atomic E-state index is 12.8. The summed E-state index contributed by atoms with van der Waals surface area (Å²) in [6.07, 6.45) is -27.0. The molecule has 1 fully saturated rings. The highest BCUT2D eigenvalue weighted by Crippen LogP contribution is 2.54. The van der Waals surface area contributed by atoms with Gasteiger partial charge in [-0.2, -0.15) is 52.7 Å². The first-order valence-corrected chi connectivity index (χ1v) is 11.9. The third-order valence-corrected chi connectivity index (χ3v) is 7.00. The maximum Gasteiger partial charge on any atom is 0.430 e. The van der Waals surface area contributed by atoms with Crippen molar-refractivity contribution in [2.45, 2.75) is 100 Å². The second kappa shape index (κ2) is 11.5. The van der Waals surface area contributed by atoms with Gasteiger partial charge in [0.25, 0.3) is 11.2 Å². The highest BCUT2D eigenvalue weighted by atomic mass is 19.4. The highest BCUT2D eigenvalue weighted by molar-refractivity contribution is 5.40. The van der Waals surface area contributed by atoms with E-state index < -0.39 is 94.8 Å². The Balaban J connectivity index is 0.000000420. The molecule has 42 heavy (non-hydrogen) atoms. The molecule has 2 rings (SSSR count). The van der Waals surface area contributed by atoms with Gasteiger partial charge in [0, 0.05) is 11.5 Å². The molecule has 6 nitrogen and oxygen atoms in total. The Labute approximate surface area is 231 Å². The summed E-state index contributed by atoms with van der Waals surface area (Å²) in [4.78, 5) is 0. The van der Waals surface area contributed by atoms with E-state index >= 15 is 0 Å². The molecule has 0 aliphatic heterocycles. The molecule has 6 N–H and O–H groups in total. The van der Waals surface area contributed by atoms with Crippen LogP contribution in [0.1, 0.15) is 58.1 Å². The summed E-state index contributed by atoms with van der Waals surface area (Å²) in [5.74, 6) is -4.20. The van der Waals surface area contributed by atoms with E-state index in [9.17, 15) is 83.3 Å². The van der Waals surface area contributed by atoms with Crippen molar-refractivity contribution in [3.8, 4) is 5.75 Å². The second-order valence-electron chi connectivity index (χ2n) is 11.2. The molecule has 0 saturated heterocycles. The Morgan fingerprint density at radius 2 is 0.952 bits per heavy atom. The standard InChI is InChI=1S/C12H18F6O3.C12H12F6O3/c2*1-9(2,20)6-3-7(5-8(19)4-6)10(21,11(13,14)15)12(16,17)18/h6-8,19-21H,3-5H2,1-2H3;3-5,19-21H,1-2H3. The SMILES string of the molecule is CC(C)(O)C1CC(O)CC(C(O)(C(F)(F)F)C(F)(F)F)C1.CC(C)(O)c1cc(O)cc(C(O)(C(F)(F)F)C(F)(F)F)c1. The molecule has 0 heterocycles. The van der Waals surface area contributed by atoms with E-state index in [1.807, 2.05) is 0 Å². The predicted octanol–water partition coefficient (Wildman–Crippen LogP) is 5.32. The summed E-state index contributed by atoms with van der Waals surface area (Å²) in [5, 5.41) is 56.9. The monoisotopic (exact) mass is 642 g/mol. The van der Waals surface area contributed by atoms with Gasteiger partial charge in [0.1, 0.15) is 5.75 Å². The number of phenolic OH excluding ortho intramolecular Hbond substituents is 1. The van der Waals surface area contributed by atoms with Crippen LogP contribution in [0.4, 0.5) is 52.7 Å². The third-order valence-electron chi connectivity index (χ3n) is 7.00. The van der Waals surface area contributed by atoms with Crippen LogP contribution in [0.15, 0.2) is 18.2 Å². The Hall–Kier alpha value is -2.02. The Kier molecular flexibility index (Phi) is 10.4. The van der Waals surface area contributed by atoms with Gasteiger partial charge in [0.15, 0.2) is 0 Å². The van der Waals surface area contributed by atoms with Crippen LogP contribution in [0.5, 0.6) is 5.75 Å². The molecule has 246 valence electrons. The fourth-order valence-corrected chi connectivity index (χ4v) is 4.49. The summed E-state index contributed by atoms with van der Waals surface area (Å²) in [5.41, 5.74) is -15.5. The minimum absolute atomic E-state index is 0.119. The van der Waals surface area contributed by atoms with Crippen molar-refractivity contribution in [1.29, 1.82) is 0 Å². The predicted molar refractivity (Wildman–Crippen MR) is 120 cm³/mol. The van der Waals surface area contributed by atoms with Crippen LogP contribution in [0.3, 0.4) is 0 Å². The van der Waals surface area contributed by atoms with Gasteiger partial charge in [-0.05, 0) is 76.6 Å². The fraction of sp³-hybridized carbons (Fsp3) is 0.750. The van der Waals surface area contributed by atoms with Crippen LogP contribution in [0.2, 0.25) is 0 Å². The van der Waals surface area contributed by atoms with Gasteiger partial charge in [-0.3, -0.25) is 0 Å². The quantitative estimate of drug-likeness (QED) is 0.248. The highest BCUT2D eigenvalue weighted by Gasteiger charge is 2.74. The van der Waals surface area contributed by atoms with E-state index in [2.05, 4.69) is 0 Å². The normalized spacial score (nSPS) is 22.0. The molecule has 1 saturated carbocycles. The Morgan fingerprint density at radius 3 is 1.29 bits per heavy atom. The number of aliphatic hydroxyl groups is 5. The first-order valence-electron chi connectivity index (χ1n) is 11.9. The Bertz CT molecular complexity index is 1040. The van der Waals surface area contributed by atoms with Crippen molar-refractivity contribution in [2.75, 3.05) is 0 Å². The average molecular weight is 642 g/mol. The van der Waals surface area contributed by atoms with Crippen molar-refractivity contribution in [2.24, 2.45) is 11.8 Å². The molecule has 0 spiro atoms. The lowest BCUT2D eigenvalue weighted by Gasteiger charge is -2.46. The summed E-state index contributed by atoms with van der Waals surface area (Å²) < 4.78 is 153. The lowest BCUT2D eigenvalue weighted by atomic mass is 9.67. The molecule has 0 bridgehead atoms. The lowest BCUT2D eigenvalue weighted by Crippen LogP contribution is -2.63. The zero-order chi connectivity index (χ0) is 33.7. The number of rotatable bonds is 4. The molecule has 1 aliphatic carbocycles. The van der Waals surface area contributed by atoms with Crippen molar-refractivity contribution in [3.05, 3.63) is 29.3 Å². The van der Waals surface area contributed by atoms with E-state index in [1.165, 1.54) is 13.8 Å². The fourth-order valence-electron chi connectivity index (χ4n) is 4.49. The zero-order valence-corrected chi connectivity index (χ0v) is 22.3. The van der Waals surface area contributed by atoms with Crippen LogP contribution < -0.4 is 0 Å². The lowest BCUT2D eigenvalue weighted by molar-refractivity contribution is -0.390. The summed E-state index contributed by atoms with van der Waals surface area (Å²) in [6.45, 7) is 4.69. The van der Waals surface area contributed by atoms with E-state index in [-0.39, 0.29) is 12.5 Å². The van der Waals surface area contributed by atoms with Crippen LogP contribution in [0.25, 0.3) is 0 Å². The van der Waals surface area contributed by atoms with E-state index in [1.54, 1.807) is 0 Å². The van der Waals surface area contributed by atoms with Crippen molar-refractivity contribution in [1.82, 2.24) is 0 Å². The van der Waals surface area contributed by atoms with Gasteiger partial charge in [-0.15, -0.1) is 0 Å². The van der Waals surface area contributed by atoms with Crippen molar-refractivity contribution >= 4 is 0 Å². The van der Waals surface area contributed by atoms with Crippen LogP contribution >= 0.6 is 0 Å². The largest absolute Gasteiger partial charge is 0.508 e. The first kappa shape index (κ1) is 38.0. The van der Waals surface area contributed by atoms with Gasteiger partial charge in [0.2, 0.25) is 0 Å². The average Bonchev–Trinajstić information content (AvgIpc) is 2.73. The van der Waals surface area contributed by atoms with Crippen LogP contribution in [-0.4, -0.2) is 72.7 Å². The number of hydrogen-bond donors (Lipinski definition) is 6. The molecular weight excluding hydrogens is 612 g/mol. The first-order chi connectivity index (χ1) is 18.2. The molecule has 1 aliphatic rings. The molecule has 18 heteroatoms. The van der Waals surface area contributed by atoms with Gasteiger partial charge in [0.05, 0.1) is 17.3 Å². The van der Waals surface area contributed by atoms with Gasteiger partial charge in [-0.25, -0.2) is 0 Å². The van der Waals surface area contributed by atoms with Crippen LogP contribution in [-0.2, 0) is 11.2 Å². The van der Waals surface area contributed by atoms with Crippen molar-refractivity contribution < 1.29 is 83.3 Å². The topological polar surface area (TPSA) is 121 Å². The van der Waals surface area contributed by atoms with Gasteiger partial charge < -0.3 is 30.6 Å². The number of phenols is 1. The van der Waals surface area contributed by atoms with Gasteiger partial charge >= 0.3 is 24.7 Å². The Morgan fingerprint density at radius 1 is 0.571 bits per heavy atom. The van der Waals surface area contributed by atoms with E-state index in [0.717, 1.165) is 19.9 Å². The summed E-state index contributed by atoms with van der Waals surface area (Å²) >= 11 is 0. The third kappa shape index (κ3) is 7.73. The number of aromatic hydroxyl groups is 1. The zero-order valence-electron chi connectivity index (χ0n) is 22.3. The molecule has 0 amide bonds. The smallest absolute Gasteiger partial charge is 0.430 e. The summed E-state index contributed by atoms with van der Waals surface area (Å²) in [6, 6.07) is 1.30. The number of benzene rings is 1. The molecule has 3 atom stereocenters.